The van der Waals surface area contributed by atoms with Crippen molar-refractivity contribution in [1.29, 1.82) is 0 Å². The van der Waals surface area contributed by atoms with Crippen molar-refractivity contribution in [1.82, 2.24) is 19.9 Å². The number of nitrogens with zero attached hydrogens (tertiary/aromatic N) is 3. The molecule has 7 nitrogen and oxygen atoms in total. The van der Waals surface area contributed by atoms with Crippen molar-refractivity contribution in [2.24, 2.45) is 0 Å². The van der Waals surface area contributed by atoms with Crippen LogP contribution in [0.1, 0.15) is 15.9 Å². The van der Waals surface area contributed by atoms with Gasteiger partial charge in [0.15, 0.2) is 0 Å². The molecule has 11 heteroatoms. The van der Waals surface area contributed by atoms with E-state index in [2.05, 4.69) is 19.9 Å². The monoisotopic (exact) mass is 494 g/mol. The molecule has 5 rings (SSSR count). The summed E-state index contributed by atoms with van der Waals surface area (Å²) in [5.41, 5.74) is 0.753. The van der Waals surface area contributed by atoms with E-state index in [4.69, 9.17) is 9.84 Å². The highest BCUT2D eigenvalue weighted by Gasteiger charge is 2.30. The van der Waals surface area contributed by atoms with Crippen LogP contribution in [-0.2, 0) is 6.18 Å². The zero-order chi connectivity index (χ0) is 25.4. The van der Waals surface area contributed by atoms with Gasteiger partial charge in [-0.3, -0.25) is 0 Å². The molecule has 0 unspecified atom stereocenters. The van der Waals surface area contributed by atoms with Crippen LogP contribution in [0, 0.1) is 5.82 Å². The van der Waals surface area contributed by atoms with Crippen molar-refractivity contribution in [3.63, 3.8) is 0 Å². The lowest BCUT2D eigenvalue weighted by Gasteiger charge is -2.07. The van der Waals surface area contributed by atoms with Gasteiger partial charge in [-0.1, -0.05) is 6.07 Å². The van der Waals surface area contributed by atoms with Gasteiger partial charge in [0, 0.05) is 18.0 Å². The van der Waals surface area contributed by atoms with Crippen molar-refractivity contribution >= 4 is 17.0 Å². The summed E-state index contributed by atoms with van der Waals surface area (Å²) in [6.07, 6.45) is -1.63. The standard InChI is InChI=1S/C25H14F4N4O3/c26-19-9-14(15-11-30-24(31-12-15)36-17-5-1-13(2-6-17)23(34)35)3-7-18(19)22-32-20-8-4-16(25(27,28)29)10-21(20)33-22/h1-12H,(H,32,33)(H,34,35). The number of H-pyrrole nitrogens is 1. The van der Waals surface area contributed by atoms with Gasteiger partial charge in [0.25, 0.3) is 0 Å². The molecule has 0 aliphatic rings. The van der Waals surface area contributed by atoms with Crippen LogP contribution >= 0.6 is 0 Å². The highest BCUT2D eigenvalue weighted by molar-refractivity contribution is 5.87. The number of aromatic amines is 1. The molecule has 2 heterocycles. The maximum absolute atomic E-state index is 14.9. The molecule has 0 saturated carbocycles. The molecule has 0 aliphatic heterocycles. The van der Waals surface area contributed by atoms with E-state index in [1.54, 1.807) is 6.07 Å². The largest absolute Gasteiger partial charge is 0.478 e. The minimum absolute atomic E-state index is 0.0134. The minimum Gasteiger partial charge on any atom is -0.478 e. The van der Waals surface area contributed by atoms with Crippen LogP contribution in [0.25, 0.3) is 33.5 Å². The van der Waals surface area contributed by atoms with Gasteiger partial charge >= 0.3 is 18.2 Å². The van der Waals surface area contributed by atoms with Gasteiger partial charge in [0.2, 0.25) is 0 Å². The molecule has 0 radical (unpaired) electrons. The SMILES string of the molecule is O=C(O)c1ccc(Oc2ncc(-c3ccc(-c4nc5ccc(C(F)(F)F)cc5[nH]4)c(F)c3)cn2)cc1. The number of aromatic nitrogens is 4. The molecule has 0 bridgehead atoms. The van der Waals surface area contributed by atoms with Crippen molar-refractivity contribution in [3.05, 3.63) is 90.0 Å². The number of halogens is 4. The Bertz CT molecular complexity index is 1580. The number of benzene rings is 3. The smallest absolute Gasteiger partial charge is 0.416 e. The summed E-state index contributed by atoms with van der Waals surface area (Å²) in [6.45, 7) is 0. The first-order chi connectivity index (χ1) is 17.2. The second-order valence-electron chi connectivity index (χ2n) is 7.70. The Balaban J connectivity index is 1.36. The van der Waals surface area contributed by atoms with Gasteiger partial charge in [0.05, 0.1) is 27.7 Å². The topological polar surface area (TPSA) is 101 Å². The molecule has 0 saturated heterocycles. The molecule has 3 aromatic carbocycles. The Morgan fingerprint density at radius 3 is 2.28 bits per heavy atom. The lowest BCUT2D eigenvalue weighted by molar-refractivity contribution is -0.137. The molecule has 2 N–H and O–H groups in total. The third-order valence-corrected chi connectivity index (χ3v) is 5.31. The average Bonchev–Trinajstić information content (AvgIpc) is 3.27. The number of hydrogen-bond donors (Lipinski definition) is 2. The third-order valence-electron chi connectivity index (χ3n) is 5.31. The lowest BCUT2D eigenvalue weighted by Crippen LogP contribution is -2.04. The third kappa shape index (κ3) is 4.58. The molecule has 0 amide bonds. The summed E-state index contributed by atoms with van der Waals surface area (Å²) >= 11 is 0. The van der Waals surface area contributed by atoms with E-state index in [0.717, 1.165) is 12.1 Å². The molecule has 180 valence electrons. The van der Waals surface area contributed by atoms with Gasteiger partial charge in [-0.25, -0.2) is 24.1 Å². The fraction of sp³-hybridized carbons (Fsp3) is 0.0400. The molecule has 0 spiro atoms. The van der Waals surface area contributed by atoms with Gasteiger partial charge < -0.3 is 14.8 Å². The number of ether oxygens (including phenoxy) is 1. The van der Waals surface area contributed by atoms with Crippen LogP contribution in [0.4, 0.5) is 17.6 Å². The first kappa shape index (κ1) is 23.0. The summed E-state index contributed by atoms with van der Waals surface area (Å²) in [5.74, 6) is -1.25. The van der Waals surface area contributed by atoms with Gasteiger partial charge in [-0.05, 0) is 60.2 Å². The molecule has 0 fully saturated rings. The van der Waals surface area contributed by atoms with Crippen LogP contribution in [-0.4, -0.2) is 31.0 Å². The minimum atomic E-state index is -4.50. The number of carbonyl (C=O) groups is 1. The predicted octanol–water partition coefficient (Wildman–Crippen LogP) is 6.34. The van der Waals surface area contributed by atoms with E-state index < -0.39 is 23.5 Å². The number of fused-ring (bicyclic) bond motifs is 1. The Kier molecular flexibility index (Phi) is 5.59. The average molecular weight is 494 g/mol. The summed E-state index contributed by atoms with van der Waals surface area (Å²) in [7, 11) is 0. The van der Waals surface area contributed by atoms with Crippen LogP contribution in [0.15, 0.2) is 73.1 Å². The number of hydrogen-bond acceptors (Lipinski definition) is 5. The van der Waals surface area contributed by atoms with E-state index >= 15 is 0 Å². The highest BCUT2D eigenvalue weighted by Crippen LogP contribution is 2.33. The highest BCUT2D eigenvalue weighted by atomic mass is 19.4. The van der Waals surface area contributed by atoms with Crippen LogP contribution in [0.2, 0.25) is 0 Å². The number of carboxylic acids is 1. The fourth-order valence-corrected chi connectivity index (χ4v) is 3.49. The quantitative estimate of drug-likeness (QED) is 0.277. The van der Waals surface area contributed by atoms with Gasteiger partial charge in [-0.15, -0.1) is 0 Å². The normalized spacial score (nSPS) is 11.6. The van der Waals surface area contributed by atoms with E-state index in [9.17, 15) is 22.4 Å². The van der Waals surface area contributed by atoms with Crippen molar-refractivity contribution in [2.75, 3.05) is 0 Å². The Labute approximate surface area is 200 Å². The number of alkyl halides is 3. The summed E-state index contributed by atoms with van der Waals surface area (Å²) in [4.78, 5) is 26.0. The van der Waals surface area contributed by atoms with Crippen molar-refractivity contribution in [3.8, 4) is 34.3 Å². The first-order valence-corrected chi connectivity index (χ1v) is 10.4. The van der Waals surface area contributed by atoms with E-state index in [1.807, 2.05) is 0 Å². The second-order valence-corrected chi connectivity index (χ2v) is 7.70. The predicted molar refractivity (Wildman–Crippen MR) is 121 cm³/mol. The summed E-state index contributed by atoms with van der Waals surface area (Å²) < 4.78 is 59.3. The Morgan fingerprint density at radius 2 is 1.64 bits per heavy atom. The number of imidazole rings is 1. The lowest BCUT2D eigenvalue weighted by atomic mass is 10.1. The molecule has 0 atom stereocenters. The van der Waals surface area contributed by atoms with Crippen LogP contribution in [0.5, 0.6) is 11.8 Å². The molecular formula is C25H14F4N4O3. The van der Waals surface area contributed by atoms with E-state index in [1.165, 1.54) is 54.9 Å². The van der Waals surface area contributed by atoms with Gasteiger partial charge in [-0.2, -0.15) is 13.2 Å². The second kappa shape index (κ2) is 8.77. The number of rotatable bonds is 5. The van der Waals surface area contributed by atoms with E-state index in [0.29, 0.717) is 16.9 Å². The van der Waals surface area contributed by atoms with E-state index in [-0.39, 0.29) is 34.0 Å². The number of nitrogens with one attached hydrogen (secondary N) is 1. The summed E-state index contributed by atoms with van der Waals surface area (Å²) in [5, 5.41) is 8.94. The van der Waals surface area contributed by atoms with Crippen LogP contribution < -0.4 is 4.74 Å². The van der Waals surface area contributed by atoms with Crippen molar-refractivity contribution in [2.45, 2.75) is 6.18 Å². The maximum Gasteiger partial charge on any atom is 0.416 e. The maximum atomic E-state index is 14.9. The molecule has 36 heavy (non-hydrogen) atoms. The Hall–Kier alpha value is -4.80. The number of aromatic carboxylic acids is 1. The first-order valence-electron chi connectivity index (χ1n) is 10.4. The van der Waals surface area contributed by atoms with Crippen LogP contribution in [0.3, 0.4) is 0 Å². The van der Waals surface area contributed by atoms with Gasteiger partial charge in [0.1, 0.15) is 17.4 Å². The fourth-order valence-electron chi connectivity index (χ4n) is 3.49. The molecule has 5 aromatic rings. The molecule has 2 aromatic heterocycles. The summed E-state index contributed by atoms with van der Waals surface area (Å²) in [6, 6.07) is 13.1. The Morgan fingerprint density at radius 1 is 0.917 bits per heavy atom. The zero-order valence-electron chi connectivity index (χ0n) is 18.0. The molecule has 0 aliphatic carbocycles. The molecular weight excluding hydrogens is 480 g/mol. The van der Waals surface area contributed by atoms with Crippen molar-refractivity contribution < 1.29 is 32.2 Å². The number of carboxylic acid groups (broad SMARTS) is 1. The zero-order valence-corrected chi connectivity index (χ0v) is 18.0.